The van der Waals surface area contributed by atoms with Crippen molar-refractivity contribution < 1.29 is 19.1 Å². The first-order chi connectivity index (χ1) is 19.8. The van der Waals surface area contributed by atoms with Crippen LogP contribution in [-0.2, 0) is 9.59 Å². The molecule has 1 aliphatic heterocycles. The Morgan fingerprint density at radius 2 is 2.10 bits per heavy atom. The zero-order valence-corrected chi connectivity index (χ0v) is 24.4. The first kappa shape index (κ1) is 28.4. The molecule has 2 aliphatic rings. The summed E-state index contributed by atoms with van der Waals surface area (Å²) in [6, 6.07) is 10.7. The predicted octanol–water partition coefficient (Wildman–Crippen LogP) is 4.64. The van der Waals surface area contributed by atoms with Gasteiger partial charge in [-0.25, -0.2) is 4.98 Å². The molecule has 0 saturated carbocycles. The van der Waals surface area contributed by atoms with Crippen LogP contribution in [0.15, 0.2) is 63.5 Å². The van der Waals surface area contributed by atoms with Crippen LogP contribution in [0.2, 0.25) is 5.02 Å². The van der Waals surface area contributed by atoms with Crippen molar-refractivity contribution in [3.8, 4) is 17.6 Å². The number of thioether (sulfide) groups is 1. The summed E-state index contributed by atoms with van der Waals surface area (Å²) in [5, 5.41) is 22.4. The molecule has 3 heterocycles. The molecular weight excluding hydrogens is 586 g/mol. The summed E-state index contributed by atoms with van der Waals surface area (Å²) in [5.74, 6) is 0.616. The smallest absolute Gasteiger partial charge is 0.235 e. The van der Waals surface area contributed by atoms with E-state index in [1.807, 2.05) is 0 Å². The normalized spacial score (nSPS) is 16.8. The van der Waals surface area contributed by atoms with E-state index in [9.17, 15) is 14.9 Å². The number of Topliss-reactive ketones (excluding diaryl/α,β-unsaturated/α-hetero) is 1. The van der Waals surface area contributed by atoms with E-state index in [0.29, 0.717) is 67.9 Å². The van der Waals surface area contributed by atoms with Crippen LogP contribution in [0.4, 0.5) is 10.9 Å². The Bertz CT molecular complexity index is 1610. The van der Waals surface area contributed by atoms with E-state index in [4.69, 9.17) is 26.8 Å². The number of anilines is 2. The lowest BCUT2D eigenvalue weighted by Crippen LogP contribution is -2.38. The Balaban J connectivity index is 1.46. The summed E-state index contributed by atoms with van der Waals surface area (Å²) in [6.45, 7) is 0. The highest BCUT2D eigenvalue weighted by atomic mass is 35.5. The van der Waals surface area contributed by atoms with Crippen molar-refractivity contribution in [3.05, 3.63) is 69.8 Å². The van der Waals surface area contributed by atoms with Gasteiger partial charge in [-0.15, -0.1) is 10.2 Å². The monoisotopic (exact) mass is 609 g/mol. The predicted molar refractivity (Wildman–Crippen MR) is 156 cm³/mol. The van der Waals surface area contributed by atoms with E-state index < -0.39 is 5.92 Å². The van der Waals surface area contributed by atoms with E-state index in [1.165, 1.54) is 36.4 Å². The highest BCUT2D eigenvalue weighted by molar-refractivity contribution is 8.01. The number of nitrogens with zero attached hydrogens (tertiary/aromatic N) is 5. The minimum atomic E-state index is -0.726. The van der Waals surface area contributed by atoms with Crippen LogP contribution in [-0.4, -0.2) is 46.8 Å². The number of amides is 1. The van der Waals surface area contributed by atoms with Crippen molar-refractivity contribution in [2.24, 2.45) is 5.73 Å². The van der Waals surface area contributed by atoms with Crippen LogP contribution < -0.4 is 25.4 Å². The number of hydrogen-bond acceptors (Lipinski definition) is 12. The molecule has 0 bridgehead atoms. The van der Waals surface area contributed by atoms with Gasteiger partial charge in [0.15, 0.2) is 10.1 Å². The molecule has 1 atom stereocenters. The van der Waals surface area contributed by atoms with Gasteiger partial charge in [-0.1, -0.05) is 34.7 Å². The lowest BCUT2D eigenvalue weighted by molar-refractivity contribution is -0.116. The quantitative estimate of drug-likeness (QED) is 0.343. The number of ketones is 1. The minimum Gasteiger partial charge on any atom is -0.497 e. The third-order valence-electron chi connectivity index (χ3n) is 6.57. The molecule has 0 radical (unpaired) electrons. The standard InChI is InChI=1S/C27H24ClN7O4S2/c1-38-15-7-8-20(39-2)16(10-15)23-17(11-29)25(30)35(18-4-3-5-19(36)24(18)23)26-33-34-27(41-26)40-13-22(37)32-21-9-6-14(28)12-31-21/h6-10,12,23H,3-5,13,30H2,1-2H3,(H,31,32,37). The number of methoxy groups -OCH3 is 2. The van der Waals surface area contributed by atoms with Crippen molar-refractivity contribution in [2.45, 2.75) is 29.5 Å². The van der Waals surface area contributed by atoms with Crippen LogP contribution in [0.25, 0.3) is 0 Å². The second-order valence-electron chi connectivity index (χ2n) is 8.97. The average Bonchev–Trinajstić information content (AvgIpc) is 3.45. The summed E-state index contributed by atoms with van der Waals surface area (Å²) in [7, 11) is 3.08. The number of nitrogens with two attached hydrogens (primary N) is 1. The SMILES string of the molecule is COc1ccc(OC)c(C2C(C#N)=C(N)N(c3nnc(SCC(=O)Nc4ccc(Cl)cn4)s3)C3=C2C(=O)CCC3)c1. The highest BCUT2D eigenvalue weighted by Gasteiger charge is 2.42. The Hall–Kier alpha value is -4.12. The summed E-state index contributed by atoms with van der Waals surface area (Å²) in [6.07, 6.45) is 2.98. The molecule has 14 heteroatoms. The maximum Gasteiger partial charge on any atom is 0.235 e. The second-order valence-corrected chi connectivity index (χ2v) is 11.6. The van der Waals surface area contributed by atoms with Crippen LogP contribution >= 0.6 is 34.7 Å². The van der Waals surface area contributed by atoms with Gasteiger partial charge in [0.2, 0.25) is 11.0 Å². The van der Waals surface area contributed by atoms with Gasteiger partial charge < -0.3 is 20.5 Å². The molecule has 3 aromatic rings. The van der Waals surface area contributed by atoms with Crippen molar-refractivity contribution >= 4 is 57.3 Å². The van der Waals surface area contributed by atoms with Crippen LogP contribution in [0.5, 0.6) is 11.5 Å². The molecule has 1 aromatic carbocycles. The van der Waals surface area contributed by atoms with Gasteiger partial charge in [0.05, 0.1) is 42.6 Å². The number of aromatic nitrogens is 3. The van der Waals surface area contributed by atoms with Crippen LogP contribution in [0, 0.1) is 11.3 Å². The third kappa shape index (κ3) is 5.72. The van der Waals surface area contributed by atoms with Gasteiger partial charge >= 0.3 is 0 Å². The van der Waals surface area contributed by atoms with Gasteiger partial charge in [0.1, 0.15) is 23.1 Å². The van der Waals surface area contributed by atoms with Gasteiger partial charge in [-0.05, 0) is 43.2 Å². The number of pyridine rings is 1. The maximum atomic E-state index is 13.4. The average molecular weight is 610 g/mol. The van der Waals surface area contributed by atoms with E-state index in [2.05, 4.69) is 26.6 Å². The van der Waals surface area contributed by atoms with Crippen molar-refractivity contribution in [3.63, 3.8) is 0 Å². The largest absolute Gasteiger partial charge is 0.497 e. The molecule has 0 fully saturated rings. The maximum absolute atomic E-state index is 13.4. The van der Waals surface area contributed by atoms with E-state index >= 15 is 0 Å². The molecule has 1 aliphatic carbocycles. The number of carbonyl (C=O) groups is 2. The summed E-state index contributed by atoms with van der Waals surface area (Å²) in [5.41, 5.74) is 8.62. The molecule has 41 heavy (non-hydrogen) atoms. The number of rotatable bonds is 8. The van der Waals surface area contributed by atoms with E-state index in [0.717, 1.165) is 0 Å². The fourth-order valence-corrected chi connectivity index (χ4v) is 6.58. The molecule has 0 spiro atoms. The number of allylic oxidation sites excluding steroid dienone is 3. The first-order valence-electron chi connectivity index (χ1n) is 12.4. The fourth-order valence-electron chi connectivity index (χ4n) is 4.79. The second kappa shape index (κ2) is 12.2. The molecular formula is C27H24ClN7O4S2. The number of carbonyl (C=O) groups excluding carboxylic acids is 2. The Morgan fingerprint density at radius 3 is 2.80 bits per heavy atom. The van der Waals surface area contributed by atoms with Gasteiger partial charge in [0, 0.05) is 29.5 Å². The zero-order valence-electron chi connectivity index (χ0n) is 22.0. The number of nitrogens with one attached hydrogen (secondary N) is 1. The molecule has 1 amide bonds. The van der Waals surface area contributed by atoms with Crippen LogP contribution in [0.1, 0.15) is 30.7 Å². The summed E-state index contributed by atoms with van der Waals surface area (Å²) in [4.78, 5) is 31.6. The lowest BCUT2D eigenvalue weighted by atomic mass is 9.75. The van der Waals surface area contributed by atoms with Gasteiger partial charge in [-0.2, -0.15) is 5.26 Å². The number of halogens is 1. The number of benzene rings is 1. The summed E-state index contributed by atoms with van der Waals surface area (Å²) >= 11 is 8.25. The topological polar surface area (TPSA) is 156 Å². The third-order valence-corrected chi connectivity index (χ3v) is 8.84. The zero-order chi connectivity index (χ0) is 29.1. The van der Waals surface area contributed by atoms with E-state index in [1.54, 1.807) is 42.3 Å². The lowest BCUT2D eigenvalue weighted by Gasteiger charge is -2.38. The molecule has 0 saturated heterocycles. The Labute approximate surface area is 249 Å². The summed E-state index contributed by atoms with van der Waals surface area (Å²) < 4.78 is 11.5. The van der Waals surface area contributed by atoms with Gasteiger partial charge in [0.25, 0.3) is 0 Å². The van der Waals surface area contributed by atoms with E-state index in [-0.39, 0.29) is 28.8 Å². The molecule has 2 aromatic heterocycles. The molecule has 11 nitrogen and oxygen atoms in total. The van der Waals surface area contributed by atoms with Crippen LogP contribution in [0.3, 0.4) is 0 Å². The Morgan fingerprint density at radius 1 is 1.27 bits per heavy atom. The minimum absolute atomic E-state index is 0.0673. The molecule has 3 N–H and O–H groups in total. The van der Waals surface area contributed by atoms with Crippen molar-refractivity contribution in [2.75, 3.05) is 30.2 Å². The number of hydrogen-bond donors (Lipinski definition) is 2. The number of ether oxygens (including phenoxy) is 2. The Kier molecular flexibility index (Phi) is 8.44. The number of nitriles is 1. The molecule has 1 unspecified atom stereocenters. The fraction of sp³-hybridized carbons (Fsp3) is 0.259. The van der Waals surface area contributed by atoms with Crippen molar-refractivity contribution in [1.82, 2.24) is 15.2 Å². The van der Waals surface area contributed by atoms with Gasteiger partial charge in [-0.3, -0.25) is 14.5 Å². The molecule has 210 valence electrons. The molecule has 5 rings (SSSR count). The van der Waals surface area contributed by atoms with Crippen molar-refractivity contribution in [1.29, 1.82) is 5.26 Å². The highest BCUT2D eigenvalue weighted by Crippen LogP contribution is 2.49. The first-order valence-corrected chi connectivity index (χ1v) is 14.6.